The van der Waals surface area contributed by atoms with Gasteiger partial charge in [-0.2, -0.15) is 0 Å². The zero-order valence-corrected chi connectivity index (χ0v) is 11.5. The molecule has 5 nitrogen and oxygen atoms in total. The molecule has 0 atom stereocenters. The van der Waals surface area contributed by atoms with E-state index in [0.717, 1.165) is 6.07 Å². The lowest BCUT2D eigenvalue weighted by Gasteiger charge is -2.08. The third-order valence-electron chi connectivity index (χ3n) is 2.42. The van der Waals surface area contributed by atoms with E-state index in [1.807, 2.05) is 0 Å². The minimum Gasteiger partial charge on any atom is -0.321 e. The number of rotatable bonds is 3. The van der Waals surface area contributed by atoms with Crippen molar-refractivity contribution in [2.24, 2.45) is 5.84 Å². The monoisotopic (exact) mass is 314 g/mol. The molecule has 1 heterocycles. The van der Waals surface area contributed by atoms with Gasteiger partial charge >= 0.3 is 0 Å². The van der Waals surface area contributed by atoms with Crippen LogP contribution in [0.1, 0.15) is 10.4 Å². The van der Waals surface area contributed by atoms with E-state index < -0.39 is 11.7 Å². The summed E-state index contributed by atoms with van der Waals surface area (Å²) in [6.45, 7) is 0. The largest absolute Gasteiger partial charge is 0.321 e. The van der Waals surface area contributed by atoms with E-state index in [4.69, 9.17) is 29.0 Å². The molecule has 0 fully saturated rings. The number of carbonyl (C=O) groups is 1. The van der Waals surface area contributed by atoms with Gasteiger partial charge in [0.25, 0.3) is 5.91 Å². The van der Waals surface area contributed by atoms with Crippen LogP contribution in [0.5, 0.6) is 0 Å². The highest BCUT2D eigenvalue weighted by Gasteiger charge is 2.11. The normalized spacial score (nSPS) is 10.2. The molecule has 0 saturated carbocycles. The van der Waals surface area contributed by atoms with Crippen molar-refractivity contribution in [2.75, 3.05) is 10.7 Å². The van der Waals surface area contributed by atoms with E-state index >= 15 is 0 Å². The molecule has 1 aromatic heterocycles. The fourth-order valence-electron chi connectivity index (χ4n) is 1.45. The van der Waals surface area contributed by atoms with Crippen LogP contribution in [0.4, 0.5) is 15.9 Å². The second kappa shape index (κ2) is 6.04. The van der Waals surface area contributed by atoms with Crippen molar-refractivity contribution in [1.82, 2.24) is 4.98 Å². The van der Waals surface area contributed by atoms with E-state index in [0.29, 0.717) is 0 Å². The molecule has 0 saturated heterocycles. The van der Waals surface area contributed by atoms with Crippen molar-refractivity contribution < 1.29 is 9.18 Å². The first-order valence-electron chi connectivity index (χ1n) is 5.40. The van der Waals surface area contributed by atoms with Gasteiger partial charge in [0.2, 0.25) is 0 Å². The van der Waals surface area contributed by atoms with Crippen LogP contribution in [0.3, 0.4) is 0 Å². The highest BCUT2D eigenvalue weighted by atomic mass is 35.5. The quantitative estimate of drug-likeness (QED) is 0.601. The highest BCUT2D eigenvalue weighted by molar-refractivity contribution is 6.34. The van der Waals surface area contributed by atoms with Gasteiger partial charge < -0.3 is 10.7 Å². The number of anilines is 2. The standard InChI is InChI=1S/C12H9Cl2FN4O/c13-8-4-7(15)1-2-10(8)18-12(20)6-3-9(14)11(19-16)17-5-6/h1-5H,16H2,(H,17,19)(H,18,20). The maximum atomic E-state index is 12.9. The first-order chi connectivity index (χ1) is 9.51. The maximum absolute atomic E-state index is 12.9. The van der Waals surface area contributed by atoms with Crippen molar-refractivity contribution in [3.05, 3.63) is 51.9 Å². The maximum Gasteiger partial charge on any atom is 0.257 e. The Morgan fingerprint density at radius 3 is 2.60 bits per heavy atom. The molecule has 8 heteroatoms. The lowest BCUT2D eigenvalue weighted by molar-refractivity contribution is 0.102. The Balaban J connectivity index is 2.21. The van der Waals surface area contributed by atoms with Crippen molar-refractivity contribution >= 4 is 40.6 Å². The third-order valence-corrected chi connectivity index (χ3v) is 3.02. The van der Waals surface area contributed by atoms with Gasteiger partial charge in [0.05, 0.1) is 21.3 Å². The minimum atomic E-state index is -0.490. The number of hydrazine groups is 1. The minimum absolute atomic E-state index is 0.0950. The summed E-state index contributed by atoms with van der Waals surface area (Å²) in [4.78, 5) is 15.9. The second-order valence-electron chi connectivity index (χ2n) is 3.78. The Bertz CT molecular complexity index is 666. The molecular weight excluding hydrogens is 306 g/mol. The topological polar surface area (TPSA) is 80.0 Å². The fraction of sp³-hybridized carbons (Fsp3) is 0. The lowest BCUT2D eigenvalue weighted by Crippen LogP contribution is -2.14. The number of nitrogens with zero attached hydrogens (tertiary/aromatic N) is 1. The Morgan fingerprint density at radius 2 is 2.00 bits per heavy atom. The van der Waals surface area contributed by atoms with Gasteiger partial charge in [-0.1, -0.05) is 23.2 Å². The van der Waals surface area contributed by atoms with E-state index in [1.165, 1.54) is 24.4 Å². The Labute approximate surface area is 123 Å². The number of benzene rings is 1. The molecule has 0 radical (unpaired) electrons. The van der Waals surface area contributed by atoms with Gasteiger partial charge in [0, 0.05) is 6.20 Å². The number of amides is 1. The summed E-state index contributed by atoms with van der Waals surface area (Å²) in [5.74, 6) is 4.47. The molecule has 1 aromatic carbocycles. The second-order valence-corrected chi connectivity index (χ2v) is 4.59. The Kier molecular flexibility index (Phi) is 4.39. The number of nitrogens with one attached hydrogen (secondary N) is 2. The van der Waals surface area contributed by atoms with Crippen molar-refractivity contribution in [3.63, 3.8) is 0 Å². The molecule has 1 amide bonds. The number of pyridine rings is 1. The number of hydrogen-bond donors (Lipinski definition) is 3. The fourth-order valence-corrected chi connectivity index (χ4v) is 1.89. The molecule has 0 spiro atoms. The predicted octanol–water partition coefficient (Wildman–Crippen LogP) is 3.07. The lowest BCUT2D eigenvalue weighted by atomic mass is 10.2. The van der Waals surface area contributed by atoms with Crippen molar-refractivity contribution in [3.8, 4) is 0 Å². The van der Waals surface area contributed by atoms with E-state index in [1.54, 1.807) is 0 Å². The number of halogens is 3. The van der Waals surface area contributed by atoms with Crippen LogP contribution in [0.15, 0.2) is 30.5 Å². The first-order valence-corrected chi connectivity index (χ1v) is 6.15. The smallest absolute Gasteiger partial charge is 0.257 e. The van der Waals surface area contributed by atoms with Crippen molar-refractivity contribution in [1.29, 1.82) is 0 Å². The summed E-state index contributed by atoms with van der Waals surface area (Å²) in [5.41, 5.74) is 2.79. The molecule has 0 bridgehead atoms. The molecule has 104 valence electrons. The number of hydrogen-bond acceptors (Lipinski definition) is 4. The van der Waals surface area contributed by atoms with Crippen LogP contribution in [-0.2, 0) is 0 Å². The van der Waals surface area contributed by atoms with Gasteiger partial charge in [-0.25, -0.2) is 15.2 Å². The Hall–Kier alpha value is -1.89. The first kappa shape index (κ1) is 14.5. The highest BCUT2D eigenvalue weighted by Crippen LogP contribution is 2.24. The van der Waals surface area contributed by atoms with Gasteiger partial charge in [-0.3, -0.25) is 4.79 Å². The van der Waals surface area contributed by atoms with E-state index in [-0.39, 0.29) is 27.1 Å². The van der Waals surface area contributed by atoms with Gasteiger partial charge in [0.1, 0.15) is 5.82 Å². The van der Waals surface area contributed by atoms with Gasteiger partial charge in [0.15, 0.2) is 5.82 Å². The molecule has 2 rings (SSSR count). The van der Waals surface area contributed by atoms with Crippen LogP contribution in [0.25, 0.3) is 0 Å². The van der Waals surface area contributed by atoms with Crippen molar-refractivity contribution in [2.45, 2.75) is 0 Å². The molecule has 4 N–H and O–H groups in total. The number of carbonyl (C=O) groups excluding carboxylic acids is 1. The van der Waals surface area contributed by atoms with Crippen LogP contribution < -0.4 is 16.6 Å². The van der Waals surface area contributed by atoms with E-state index in [9.17, 15) is 9.18 Å². The predicted molar refractivity (Wildman–Crippen MR) is 76.4 cm³/mol. The third kappa shape index (κ3) is 3.16. The molecule has 0 aliphatic heterocycles. The van der Waals surface area contributed by atoms with Crippen LogP contribution >= 0.6 is 23.2 Å². The molecule has 0 unspecified atom stereocenters. The molecule has 0 aliphatic carbocycles. The van der Waals surface area contributed by atoms with Crippen LogP contribution in [0, 0.1) is 5.82 Å². The average Bonchev–Trinajstić information content (AvgIpc) is 2.41. The summed E-state index contributed by atoms with van der Waals surface area (Å²) in [5, 5.41) is 2.83. The summed E-state index contributed by atoms with van der Waals surface area (Å²) >= 11 is 11.7. The summed E-state index contributed by atoms with van der Waals surface area (Å²) < 4.78 is 12.9. The summed E-state index contributed by atoms with van der Waals surface area (Å²) in [6, 6.07) is 5.05. The van der Waals surface area contributed by atoms with Crippen LogP contribution in [0.2, 0.25) is 10.0 Å². The zero-order valence-electron chi connectivity index (χ0n) is 9.95. The molecular formula is C12H9Cl2FN4O. The molecule has 0 aliphatic rings. The SMILES string of the molecule is NNc1ncc(C(=O)Nc2ccc(F)cc2Cl)cc1Cl. The van der Waals surface area contributed by atoms with Gasteiger partial charge in [-0.15, -0.1) is 0 Å². The summed E-state index contributed by atoms with van der Waals surface area (Å²) in [6.07, 6.45) is 1.30. The van der Waals surface area contributed by atoms with Gasteiger partial charge in [-0.05, 0) is 24.3 Å². The number of aromatic nitrogens is 1. The average molecular weight is 315 g/mol. The van der Waals surface area contributed by atoms with E-state index in [2.05, 4.69) is 15.7 Å². The number of nitrogens with two attached hydrogens (primary N) is 1. The zero-order chi connectivity index (χ0) is 14.7. The summed E-state index contributed by atoms with van der Waals surface area (Å²) in [7, 11) is 0. The Morgan fingerprint density at radius 1 is 1.25 bits per heavy atom. The molecule has 2 aromatic rings. The molecule has 20 heavy (non-hydrogen) atoms. The van der Waals surface area contributed by atoms with Crippen LogP contribution in [-0.4, -0.2) is 10.9 Å². The number of nitrogen functional groups attached to an aromatic ring is 1.